The minimum Gasteiger partial charge on any atom is -0.497 e. The van der Waals surface area contributed by atoms with Gasteiger partial charge in [-0.05, 0) is 32.1 Å². The normalized spacial score (nSPS) is 10.7. The zero-order valence-electron chi connectivity index (χ0n) is 9.97. The number of methoxy groups -OCH3 is 1. The lowest BCUT2D eigenvalue weighted by atomic mass is 10.1. The molecule has 5 nitrogen and oxygen atoms in total. The topological polar surface area (TPSA) is 64.4 Å². The Morgan fingerprint density at radius 3 is 2.88 bits per heavy atom. The first-order valence-electron chi connectivity index (χ1n) is 5.32. The van der Waals surface area contributed by atoms with Gasteiger partial charge in [-0.3, -0.25) is 10.1 Å². The third-order valence-corrected chi connectivity index (χ3v) is 2.29. The zero-order chi connectivity index (χ0) is 12.7. The second-order valence-corrected chi connectivity index (χ2v) is 3.48. The lowest BCUT2D eigenvalue weighted by Gasteiger charge is -2.02. The molecule has 0 aliphatic carbocycles. The van der Waals surface area contributed by atoms with Crippen LogP contribution in [0, 0.1) is 10.1 Å². The van der Waals surface area contributed by atoms with Crippen molar-refractivity contribution in [2.45, 2.75) is 6.42 Å². The maximum Gasteiger partial charge on any atom is 0.276 e. The van der Waals surface area contributed by atoms with Crippen LogP contribution in [0.2, 0.25) is 0 Å². The smallest absolute Gasteiger partial charge is 0.276 e. The van der Waals surface area contributed by atoms with Crippen molar-refractivity contribution in [1.82, 2.24) is 5.32 Å². The zero-order valence-corrected chi connectivity index (χ0v) is 9.97. The highest BCUT2D eigenvalue weighted by atomic mass is 16.6. The molecule has 0 heterocycles. The molecule has 0 unspecified atom stereocenters. The molecule has 0 aromatic heterocycles. The standard InChI is InChI=1S/C12H16N2O3/c1-13-8-4-3-5-10-9-11(17-2)6-7-12(10)14(15)16/h3,5-7,9,13H,4,8H2,1-2H3. The van der Waals surface area contributed by atoms with E-state index in [1.807, 2.05) is 13.1 Å². The van der Waals surface area contributed by atoms with Gasteiger partial charge >= 0.3 is 0 Å². The molecule has 0 saturated heterocycles. The Hall–Kier alpha value is -1.88. The van der Waals surface area contributed by atoms with Crippen molar-refractivity contribution < 1.29 is 9.66 Å². The quantitative estimate of drug-likeness (QED) is 0.467. The number of ether oxygens (including phenoxy) is 1. The number of nitro groups is 1. The van der Waals surface area contributed by atoms with E-state index < -0.39 is 4.92 Å². The van der Waals surface area contributed by atoms with Gasteiger partial charge in [0.05, 0.1) is 17.6 Å². The number of hydrogen-bond acceptors (Lipinski definition) is 4. The monoisotopic (exact) mass is 236 g/mol. The summed E-state index contributed by atoms with van der Waals surface area (Å²) in [5.74, 6) is 0.615. The summed E-state index contributed by atoms with van der Waals surface area (Å²) < 4.78 is 5.05. The summed E-state index contributed by atoms with van der Waals surface area (Å²) >= 11 is 0. The molecular weight excluding hydrogens is 220 g/mol. The van der Waals surface area contributed by atoms with Crippen molar-refractivity contribution in [2.24, 2.45) is 0 Å². The largest absolute Gasteiger partial charge is 0.497 e. The van der Waals surface area contributed by atoms with E-state index in [2.05, 4.69) is 5.32 Å². The van der Waals surface area contributed by atoms with Gasteiger partial charge in [0.25, 0.3) is 5.69 Å². The van der Waals surface area contributed by atoms with E-state index in [0.29, 0.717) is 11.3 Å². The highest BCUT2D eigenvalue weighted by Crippen LogP contribution is 2.25. The fourth-order valence-corrected chi connectivity index (χ4v) is 1.40. The Bertz CT molecular complexity index is 416. The molecular formula is C12H16N2O3. The van der Waals surface area contributed by atoms with E-state index in [0.717, 1.165) is 13.0 Å². The predicted octanol–water partition coefficient (Wildman–Crippen LogP) is 2.23. The van der Waals surface area contributed by atoms with E-state index in [1.54, 1.807) is 18.2 Å². The molecule has 0 aliphatic heterocycles. The molecule has 0 atom stereocenters. The molecule has 1 N–H and O–H groups in total. The van der Waals surface area contributed by atoms with Crippen molar-refractivity contribution in [3.8, 4) is 5.75 Å². The third kappa shape index (κ3) is 3.88. The SMILES string of the molecule is CNCCC=Cc1cc(OC)ccc1[N+](=O)[O-]. The van der Waals surface area contributed by atoms with Crippen LogP contribution in [0.4, 0.5) is 5.69 Å². The van der Waals surface area contributed by atoms with Crippen molar-refractivity contribution in [1.29, 1.82) is 0 Å². The molecule has 1 aromatic rings. The second-order valence-electron chi connectivity index (χ2n) is 3.48. The molecule has 0 amide bonds. The number of benzene rings is 1. The maximum absolute atomic E-state index is 10.8. The number of nitrogens with one attached hydrogen (secondary N) is 1. The molecule has 0 bridgehead atoms. The van der Waals surface area contributed by atoms with Crippen LogP contribution in [0.15, 0.2) is 24.3 Å². The first kappa shape index (κ1) is 13.2. The molecule has 0 spiro atoms. The number of rotatable bonds is 6. The van der Waals surface area contributed by atoms with Crippen LogP contribution in [0.5, 0.6) is 5.75 Å². The first-order valence-corrected chi connectivity index (χ1v) is 5.32. The Morgan fingerprint density at radius 2 is 2.29 bits per heavy atom. The molecule has 92 valence electrons. The van der Waals surface area contributed by atoms with Crippen molar-refractivity contribution in [3.63, 3.8) is 0 Å². The van der Waals surface area contributed by atoms with Crippen molar-refractivity contribution in [2.75, 3.05) is 20.7 Å². The summed E-state index contributed by atoms with van der Waals surface area (Å²) in [7, 11) is 3.40. The van der Waals surface area contributed by atoms with Crippen LogP contribution in [-0.2, 0) is 0 Å². The lowest BCUT2D eigenvalue weighted by Crippen LogP contribution is -2.05. The van der Waals surface area contributed by atoms with Gasteiger partial charge < -0.3 is 10.1 Å². The van der Waals surface area contributed by atoms with Gasteiger partial charge in [-0.25, -0.2) is 0 Å². The number of nitro benzene ring substituents is 1. The van der Waals surface area contributed by atoms with E-state index in [1.165, 1.54) is 13.2 Å². The van der Waals surface area contributed by atoms with Crippen molar-refractivity contribution >= 4 is 11.8 Å². The first-order chi connectivity index (χ1) is 8.19. The molecule has 1 rings (SSSR count). The Balaban J connectivity index is 2.92. The van der Waals surface area contributed by atoms with E-state index in [4.69, 9.17) is 4.74 Å². The number of nitrogens with zero attached hydrogens (tertiary/aromatic N) is 1. The molecule has 1 aromatic carbocycles. The van der Waals surface area contributed by atoms with Crippen LogP contribution in [0.3, 0.4) is 0 Å². The minimum absolute atomic E-state index is 0.0894. The summed E-state index contributed by atoms with van der Waals surface area (Å²) in [6.07, 6.45) is 4.47. The Kier molecular flexibility index (Phi) is 5.16. The molecule has 17 heavy (non-hydrogen) atoms. The van der Waals surface area contributed by atoms with Crippen LogP contribution in [-0.4, -0.2) is 25.6 Å². The lowest BCUT2D eigenvalue weighted by molar-refractivity contribution is -0.385. The summed E-state index contributed by atoms with van der Waals surface area (Å²) in [5, 5.41) is 13.8. The molecule has 5 heteroatoms. The average Bonchev–Trinajstić information content (AvgIpc) is 2.34. The molecule has 0 aliphatic rings. The highest BCUT2D eigenvalue weighted by molar-refractivity contribution is 5.62. The van der Waals surface area contributed by atoms with E-state index in [9.17, 15) is 10.1 Å². The summed E-state index contributed by atoms with van der Waals surface area (Å²) in [6, 6.07) is 4.70. The predicted molar refractivity (Wildman–Crippen MR) is 67.2 cm³/mol. The van der Waals surface area contributed by atoms with Gasteiger partial charge in [-0.1, -0.05) is 12.2 Å². The van der Waals surface area contributed by atoms with Crippen LogP contribution in [0.1, 0.15) is 12.0 Å². The Labute approximate surface area is 100 Å². The van der Waals surface area contributed by atoms with Crippen molar-refractivity contribution in [3.05, 3.63) is 40.0 Å². The maximum atomic E-state index is 10.8. The summed E-state index contributed by atoms with van der Waals surface area (Å²) in [6.45, 7) is 0.842. The van der Waals surface area contributed by atoms with Gasteiger partial charge in [0.15, 0.2) is 0 Å². The molecule has 0 fully saturated rings. The fraction of sp³-hybridized carbons (Fsp3) is 0.333. The van der Waals surface area contributed by atoms with Gasteiger partial charge in [-0.15, -0.1) is 0 Å². The molecule has 0 saturated carbocycles. The molecule has 0 radical (unpaired) electrons. The Morgan fingerprint density at radius 1 is 1.53 bits per heavy atom. The minimum atomic E-state index is -0.392. The van der Waals surface area contributed by atoms with Crippen LogP contribution >= 0.6 is 0 Å². The van der Waals surface area contributed by atoms with Gasteiger partial charge in [0.1, 0.15) is 5.75 Å². The van der Waals surface area contributed by atoms with Crippen LogP contribution < -0.4 is 10.1 Å². The van der Waals surface area contributed by atoms with Gasteiger partial charge in [0.2, 0.25) is 0 Å². The van der Waals surface area contributed by atoms with Gasteiger partial charge in [-0.2, -0.15) is 0 Å². The summed E-state index contributed by atoms with van der Waals surface area (Å²) in [4.78, 5) is 10.4. The second kappa shape index (κ2) is 6.65. The summed E-state index contributed by atoms with van der Waals surface area (Å²) in [5.41, 5.74) is 0.650. The fourth-order valence-electron chi connectivity index (χ4n) is 1.40. The average molecular weight is 236 g/mol. The van der Waals surface area contributed by atoms with E-state index >= 15 is 0 Å². The van der Waals surface area contributed by atoms with E-state index in [-0.39, 0.29) is 5.69 Å². The van der Waals surface area contributed by atoms with Crippen LogP contribution in [0.25, 0.3) is 6.08 Å². The van der Waals surface area contributed by atoms with Gasteiger partial charge in [0, 0.05) is 6.07 Å². The number of hydrogen-bond donors (Lipinski definition) is 1. The highest BCUT2D eigenvalue weighted by Gasteiger charge is 2.11. The third-order valence-electron chi connectivity index (χ3n) is 2.29.